The zero-order valence-corrected chi connectivity index (χ0v) is 14.3. The topological polar surface area (TPSA) is 90.1 Å². The number of esters is 1. The maximum Gasteiger partial charge on any atom is 0.350 e. The first kappa shape index (κ1) is 18.9. The first-order valence-corrected chi connectivity index (χ1v) is 7.37. The summed E-state index contributed by atoms with van der Waals surface area (Å²) in [7, 11) is 3.53. The summed E-state index contributed by atoms with van der Waals surface area (Å²) < 4.78 is 4.78. The van der Waals surface area contributed by atoms with Crippen molar-refractivity contribution in [3.63, 3.8) is 0 Å². The molecule has 0 fully saturated rings. The number of guanidine groups is 1. The van der Waals surface area contributed by atoms with E-state index in [-0.39, 0.29) is 12.2 Å². The number of hydrazone groups is 1. The first-order valence-electron chi connectivity index (χ1n) is 7.37. The average molecular weight is 327 g/mol. The summed E-state index contributed by atoms with van der Waals surface area (Å²) in [5.74, 6) is -0.326. The summed E-state index contributed by atoms with van der Waals surface area (Å²) in [6, 6.07) is 11.4. The highest BCUT2D eigenvalue weighted by Gasteiger charge is 2.09. The van der Waals surface area contributed by atoms with Crippen LogP contribution in [0.5, 0.6) is 0 Å². The Bertz CT molecular complexity index is 685. The molecule has 0 saturated carbocycles. The van der Waals surface area contributed by atoms with Crippen molar-refractivity contribution in [2.24, 2.45) is 10.1 Å². The summed E-state index contributed by atoms with van der Waals surface area (Å²) in [6.07, 6.45) is 1.16. The number of nitriles is 1. The van der Waals surface area contributed by atoms with Crippen LogP contribution in [0.25, 0.3) is 0 Å². The van der Waals surface area contributed by atoms with Gasteiger partial charge in [0.05, 0.1) is 18.5 Å². The van der Waals surface area contributed by atoms with Crippen LogP contribution in [-0.4, -0.2) is 43.2 Å². The highest BCUT2D eigenvalue weighted by Crippen LogP contribution is 2.01. The second-order valence-electron chi connectivity index (χ2n) is 4.90. The minimum Gasteiger partial charge on any atom is -0.462 e. The van der Waals surface area contributed by atoms with Crippen molar-refractivity contribution in [1.29, 1.82) is 5.26 Å². The number of hydrogen-bond acceptors (Lipinski definition) is 5. The van der Waals surface area contributed by atoms with Gasteiger partial charge < -0.3 is 9.64 Å². The zero-order chi connectivity index (χ0) is 17.9. The lowest BCUT2D eigenvalue weighted by Gasteiger charge is -2.14. The molecule has 0 aliphatic carbocycles. The molecular formula is C17H21N5O2. The molecule has 0 spiro atoms. The van der Waals surface area contributed by atoms with E-state index in [1.54, 1.807) is 32.0 Å². The second kappa shape index (κ2) is 9.79. The molecule has 0 aliphatic rings. The van der Waals surface area contributed by atoms with Gasteiger partial charge in [0.15, 0.2) is 5.57 Å². The monoisotopic (exact) mass is 327 g/mol. The number of benzene rings is 1. The SMILES string of the molecule is CCOC(=O)/C(C#N)=C/N=C(N/N=C(\C)c1ccccc1)N(C)C. The highest BCUT2D eigenvalue weighted by atomic mass is 16.5. The smallest absolute Gasteiger partial charge is 0.350 e. The van der Waals surface area contributed by atoms with E-state index in [0.29, 0.717) is 5.96 Å². The third-order valence-corrected chi connectivity index (χ3v) is 2.87. The predicted octanol–water partition coefficient (Wildman–Crippen LogP) is 1.89. The fraction of sp³-hybridized carbons (Fsp3) is 0.294. The summed E-state index contributed by atoms with van der Waals surface area (Å²) >= 11 is 0. The number of aliphatic imine (C=N–C) groups is 1. The summed E-state index contributed by atoms with van der Waals surface area (Å²) in [5.41, 5.74) is 4.40. The molecule has 0 radical (unpaired) electrons. The van der Waals surface area contributed by atoms with E-state index >= 15 is 0 Å². The van der Waals surface area contributed by atoms with Crippen molar-refractivity contribution < 1.29 is 9.53 Å². The van der Waals surface area contributed by atoms with Crippen LogP contribution in [0.3, 0.4) is 0 Å². The van der Waals surface area contributed by atoms with Gasteiger partial charge in [0.1, 0.15) is 6.07 Å². The number of hydrogen-bond donors (Lipinski definition) is 1. The lowest BCUT2D eigenvalue weighted by Crippen LogP contribution is -2.33. The minimum atomic E-state index is -0.703. The van der Waals surface area contributed by atoms with Crippen LogP contribution in [0.2, 0.25) is 0 Å². The Balaban J connectivity index is 2.95. The Morgan fingerprint density at radius 2 is 2.04 bits per heavy atom. The Morgan fingerprint density at radius 3 is 2.58 bits per heavy atom. The lowest BCUT2D eigenvalue weighted by molar-refractivity contribution is -0.138. The number of carbonyl (C=O) groups is 1. The van der Waals surface area contributed by atoms with Gasteiger partial charge in [-0.25, -0.2) is 15.2 Å². The van der Waals surface area contributed by atoms with Crippen LogP contribution in [0, 0.1) is 11.3 Å². The van der Waals surface area contributed by atoms with Crippen molar-refractivity contribution in [2.75, 3.05) is 20.7 Å². The molecule has 0 amide bonds. The number of rotatable bonds is 5. The molecule has 1 aromatic rings. The number of nitrogens with one attached hydrogen (secondary N) is 1. The number of ether oxygens (including phenoxy) is 1. The van der Waals surface area contributed by atoms with Crippen LogP contribution < -0.4 is 5.43 Å². The molecule has 126 valence electrons. The van der Waals surface area contributed by atoms with Gasteiger partial charge in [-0.1, -0.05) is 30.3 Å². The van der Waals surface area contributed by atoms with Gasteiger partial charge in [-0.2, -0.15) is 10.4 Å². The van der Waals surface area contributed by atoms with Crippen molar-refractivity contribution in [1.82, 2.24) is 10.3 Å². The molecule has 0 saturated heterocycles. The molecule has 0 unspecified atom stereocenters. The third kappa shape index (κ3) is 5.93. The van der Waals surface area contributed by atoms with E-state index in [1.165, 1.54) is 0 Å². The molecule has 7 nitrogen and oxygen atoms in total. The maximum atomic E-state index is 11.6. The maximum absolute atomic E-state index is 11.6. The molecule has 0 aliphatic heterocycles. The normalized spacial score (nSPS) is 12.4. The van der Waals surface area contributed by atoms with Gasteiger partial charge in [-0.15, -0.1) is 0 Å². The van der Waals surface area contributed by atoms with Gasteiger partial charge in [-0.05, 0) is 19.4 Å². The van der Waals surface area contributed by atoms with Gasteiger partial charge in [0, 0.05) is 14.1 Å². The van der Waals surface area contributed by atoms with Crippen molar-refractivity contribution in [3.8, 4) is 6.07 Å². The number of carbonyl (C=O) groups excluding carboxylic acids is 1. The third-order valence-electron chi connectivity index (χ3n) is 2.87. The van der Waals surface area contributed by atoms with Crippen molar-refractivity contribution in [3.05, 3.63) is 47.7 Å². The van der Waals surface area contributed by atoms with E-state index in [0.717, 1.165) is 17.5 Å². The molecule has 7 heteroatoms. The van der Waals surface area contributed by atoms with Crippen LogP contribution in [0.1, 0.15) is 19.4 Å². The van der Waals surface area contributed by atoms with Crippen LogP contribution in [0.15, 0.2) is 52.2 Å². The fourth-order valence-corrected chi connectivity index (χ4v) is 1.58. The molecule has 1 rings (SSSR count). The summed E-state index contributed by atoms with van der Waals surface area (Å²) in [5, 5.41) is 13.3. The van der Waals surface area contributed by atoms with E-state index < -0.39 is 5.97 Å². The molecule has 0 aromatic heterocycles. The molecule has 0 heterocycles. The predicted molar refractivity (Wildman–Crippen MR) is 93.2 cm³/mol. The number of nitrogens with zero attached hydrogens (tertiary/aromatic N) is 4. The van der Waals surface area contributed by atoms with E-state index in [4.69, 9.17) is 10.00 Å². The molecule has 0 bridgehead atoms. The Kier molecular flexibility index (Phi) is 7.71. The second-order valence-corrected chi connectivity index (χ2v) is 4.90. The van der Waals surface area contributed by atoms with Gasteiger partial charge in [0.25, 0.3) is 0 Å². The summed E-state index contributed by atoms with van der Waals surface area (Å²) in [6.45, 7) is 3.73. The van der Waals surface area contributed by atoms with Crippen LogP contribution in [0.4, 0.5) is 0 Å². The van der Waals surface area contributed by atoms with E-state index in [9.17, 15) is 4.79 Å². The quantitative estimate of drug-likeness (QED) is 0.223. The lowest BCUT2D eigenvalue weighted by atomic mass is 10.1. The van der Waals surface area contributed by atoms with E-state index in [1.807, 2.05) is 37.3 Å². The molecule has 0 atom stereocenters. The molecule has 24 heavy (non-hydrogen) atoms. The van der Waals surface area contributed by atoms with Crippen LogP contribution in [-0.2, 0) is 9.53 Å². The molecule has 1 aromatic carbocycles. The first-order chi connectivity index (χ1) is 11.5. The Morgan fingerprint density at radius 1 is 1.38 bits per heavy atom. The fourth-order valence-electron chi connectivity index (χ4n) is 1.58. The van der Waals surface area contributed by atoms with Gasteiger partial charge >= 0.3 is 5.97 Å². The van der Waals surface area contributed by atoms with E-state index in [2.05, 4.69) is 15.5 Å². The average Bonchev–Trinajstić information content (AvgIpc) is 2.58. The minimum absolute atomic E-state index is 0.179. The van der Waals surface area contributed by atoms with Gasteiger partial charge in [-0.3, -0.25) is 0 Å². The summed E-state index contributed by atoms with van der Waals surface area (Å²) in [4.78, 5) is 17.3. The molecule has 1 N–H and O–H groups in total. The highest BCUT2D eigenvalue weighted by molar-refractivity contribution is 5.99. The van der Waals surface area contributed by atoms with Crippen molar-refractivity contribution >= 4 is 17.6 Å². The zero-order valence-electron chi connectivity index (χ0n) is 14.3. The largest absolute Gasteiger partial charge is 0.462 e. The standard InChI is InChI=1S/C17H21N5O2/c1-5-24-16(23)15(11-18)12-19-17(22(3)4)21-20-13(2)14-9-7-6-8-10-14/h6-10,12H,5H2,1-4H3,(H,19,21)/b15-12+,20-13+. The Hall–Kier alpha value is -3.14. The molecular weight excluding hydrogens is 306 g/mol. The van der Waals surface area contributed by atoms with Gasteiger partial charge in [0.2, 0.25) is 5.96 Å². The van der Waals surface area contributed by atoms with Crippen molar-refractivity contribution in [2.45, 2.75) is 13.8 Å². The Labute approximate surface area is 141 Å². The van der Waals surface area contributed by atoms with Crippen LogP contribution >= 0.6 is 0 Å².